The van der Waals surface area contributed by atoms with Gasteiger partial charge in [-0.1, -0.05) is 40.9 Å². The van der Waals surface area contributed by atoms with E-state index in [0.717, 1.165) is 5.56 Å². The summed E-state index contributed by atoms with van der Waals surface area (Å²) in [5.41, 5.74) is 0.780. The van der Waals surface area contributed by atoms with Gasteiger partial charge in [-0.3, -0.25) is 4.68 Å². The number of nitrogens with one attached hydrogen (secondary N) is 2. The average molecular weight is 394 g/mol. The van der Waals surface area contributed by atoms with Crippen molar-refractivity contribution in [3.05, 3.63) is 45.0 Å². The van der Waals surface area contributed by atoms with Gasteiger partial charge in [-0.25, -0.2) is 0 Å². The number of anilines is 1. The first-order valence-corrected chi connectivity index (χ1v) is 8.25. The van der Waals surface area contributed by atoms with Gasteiger partial charge in [-0.05, 0) is 24.4 Å². The number of aromatic nitrogens is 2. The maximum atomic E-state index is 6.17. The Balaban J connectivity index is 2.05. The van der Waals surface area contributed by atoms with Crippen molar-refractivity contribution in [2.45, 2.75) is 6.54 Å². The van der Waals surface area contributed by atoms with Crippen LogP contribution in [-0.4, -0.2) is 35.2 Å². The van der Waals surface area contributed by atoms with Gasteiger partial charge >= 0.3 is 0 Å². The lowest BCUT2D eigenvalue weighted by molar-refractivity contribution is 0.204. The summed E-state index contributed by atoms with van der Waals surface area (Å²) in [6, 6.07) is 5.35. The number of ether oxygens (including phenoxy) is 1. The molecular weight excluding hydrogens is 379 g/mol. The van der Waals surface area contributed by atoms with E-state index in [0.29, 0.717) is 45.7 Å². The van der Waals surface area contributed by atoms with Crippen molar-refractivity contribution in [2.24, 2.45) is 0 Å². The largest absolute Gasteiger partial charge is 0.383 e. The summed E-state index contributed by atoms with van der Waals surface area (Å²) < 4.78 is 6.59. The number of benzene rings is 1. The van der Waals surface area contributed by atoms with Crippen LogP contribution in [0, 0.1) is 0 Å². The number of nitrogens with zero attached hydrogens (tertiary/aromatic N) is 2. The molecule has 0 aliphatic rings. The fourth-order valence-electron chi connectivity index (χ4n) is 1.83. The average Bonchev–Trinajstić information content (AvgIpc) is 2.83. The molecule has 1 aromatic heterocycles. The van der Waals surface area contributed by atoms with Crippen LogP contribution in [0.15, 0.2) is 24.4 Å². The first-order valence-electron chi connectivity index (χ1n) is 6.71. The molecule has 0 saturated carbocycles. The first kappa shape index (κ1) is 18.3. The second kappa shape index (κ2) is 8.70. The number of halogens is 3. The molecule has 1 aromatic carbocycles. The second-order valence-electron chi connectivity index (χ2n) is 4.60. The topological polar surface area (TPSA) is 51.1 Å². The summed E-state index contributed by atoms with van der Waals surface area (Å²) in [5, 5.41) is 12.3. The van der Waals surface area contributed by atoms with E-state index in [1.807, 2.05) is 0 Å². The van der Waals surface area contributed by atoms with Crippen LogP contribution in [0.1, 0.15) is 5.56 Å². The molecule has 0 fully saturated rings. The van der Waals surface area contributed by atoms with Crippen molar-refractivity contribution < 1.29 is 4.74 Å². The second-order valence-corrected chi connectivity index (χ2v) is 6.23. The van der Waals surface area contributed by atoms with Gasteiger partial charge in [0.1, 0.15) is 5.02 Å². The van der Waals surface area contributed by atoms with E-state index in [2.05, 4.69) is 15.7 Å². The van der Waals surface area contributed by atoms with Crippen molar-refractivity contribution in [1.82, 2.24) is 15.1 Å². The summed E-state index contributed by atoms with van der Waals surface area (Å²) in [7, 11) is 1.62. The Morgan fingerprint density at radius 1 is 1.26 bits per heavy atom. The Kier molecular flexibility index (Phi) is 6.92. The van der Waals surface area contributed by atoms with Crippen LogP contribution < -0.4 is 10.6 Å². The number of hydrogen-bond acceptors (Lipinski definition) is 3. The number of thiocarbonyl (C=S) groups is 1. The standard InChI is InChI=1S/C14H15Cl3N4OS/c1-22-6-5-18-14(23)19-13-12(17)8-21(20-13)7-9-10(15)3-2-4-11(9)16/h2-4,8H,5-7H2,1H3,(H2,18,19,20,23). The summed E-state index contributed by atoms with van der Waals surface area (Å²) in [6.07, 6.45) is 1.68. The van der Waals surface area contributed by atoms with Crippen molar-refractivity contribution in [1.29, 1.82) is 0 Å². The lowest BCUT2D eigenvalue weighted by Gasteiger charge is -2.08. The maximum Gasteiger partial charge on any atom is 0.173 e. The minimum absolute atomic E-state index is 0.407. The Hall–Kier alpha value is -1.05. The van der Waals surface area contributed by atoms with Crippen LogP contribution in [0.4, 0.5) is 5.82 Å². The number of rotatable bonds is 6. The fourth-order valence-corrected chi connectivity index (χ4v) is 2.74. The van der Waals surface area contributed by atoms with Crippen LogP contribution in [0.3, 0.4) is 0 Å². The van der Waals surface area contributed by atoms with E-state index in [1.165, 1.54) is 0 Å². The van der Waals surface area contributed by atoms with Crippen LogP contribution >= 0.6 is 47.0 Å². The predicted molar refractivity (Wildman–Crippen MR) is 98.9 cm³/mol. The molecule has 0 aliphatic heterocycles. The minimum Gasteiger partial charge on any atom is -0.383 e. The molecule has 9 heteroatoms. The Morgan fingerprint density at radius 3 is 2.61 bits per heavy atom. The van der Waals surface area contributed by atoms with Crippen molar-refractivity contribution in [3.8, 4) is 0 Å². The Bertz CT molecular complexity index is 672. The lowest BCUT2D eigenvalue weighted by Crippen LogP contribution is -2.31. The van der Waals surface area contributed by atoms with Gasteiger partial charge in [0.05, 0.1) is 13.2 Å². The summed E-state index contributed by atoms with van der Waals surface area (Å²) >= 11 is 23.7. The van der Waals surface area contributed by atoms with Crippen molar-refractivity contribution in [3.63, 3.8) is 0 Å². The van der Waals surface area contributed by atoms with Crippen LogP contribution in [-0.2, 0) is 11.3 Å². The third kappa shape index (κ3) is 5.22. The Labute approximate surface area is 154 Å². The van der Waals surface area contributed by atoms with Gasteiger partial charge in [0.2, 0.25) is 0 Å². The molecule has 0 radical (unpaired) electrons. The molecule has 124 valence electrons. The monoisotopic (exact) mass is 392 g/mol. The number of hydrogen-bond donors (Lipinski definition) is 2. The molecule has 0 saturated heterocycles. The quantitative estimate of drug-likeness (QED) is 0.577. The van der Waals surface area contributed by atoms with E-state index in [4.69, 9.17) is 51.8 Å². The van der Waals surface area contributed by atoms with Gasteiger partial charge in [0.25, 0.3) is 0 Å². The highest BCUT2D eigenvalue weighted by molar-refractivity contribution is 7.80. The molecule has 23 heavy (non-hydrogen) atoms. The third-order valence-corrected chi connectivity index (χ3v) is 4.15. The van der Waals surface area contributed by atoms with Gasteiger partial charge in [0.15, 0.2) is 10.9 Å². The summed E-state index contributed by atoms with van der Waals surface area (Å²) in [5.74, 6) is 0.463. The molecule has 0 aliphatic carbocycles. The lowest BCUT2D eigenvalue weighted by atomic mass is 10.2. The predicted octanol–water partition coefficient (Wildman–Crippen LogP) is 3.82. The molecule has 0 amide bonds. The van der Waals surface area contributed by atoms with E-state index >= 15 is 0 Å². The fraction of sp³-hybridized carbons (Fsp3) is 0.286. The molecule has 2 N–H and O–H groups in total. The molecule has 2 aromatic rings. The Morgan fingerprint density at radius 2 is 1.96 bits per heavy atom. The van der Waals surface area contributed by atoms with E-state index in [9.17, 15) is 0 Å². The molecular formula is C14H15Cl3N4OS. The van der Waals surface area contributed by atoms with E-state index in [1.54, 1.807) is 36.2 Å². The smallest absolute Gasteiger partial charge is 0.173 e. The summed E-state index contributed by atoms with van der Waals surface area (Å²) in [6.45, 7) is 1.55. The van der Waals surface area contributed by atoms with Gasteiger partial charge < -0.3 is 15.4 Å². The van der Waals surface area contributed by atoms with Crippen LogP contribution in [0.5, 0.6) is 0 Å². The zero-order valence-electron chi connectivity index (χ0n) is 12.3. The highest BCUT2D eigenvalue weighted by atomic mass is 35.5. The van der Waals surface area contributed by atoms with Gasteiger partial charge in [0, 0.05) is 35.5 Å². The molecule has 2 rings (SSSR count). The zero-order valence-corrected chi connectivity index (χ0v) is 15.4. The van der Waals surface area contributed by atoms with E-state index < -0.39 is 0 Å². The SMILES string of the molecule is COCCNC(=S)Nc1nn(Cc2c(Cl)cccc2Cl)cc1Cl. The van der Waals surface area contributed by atoms with Gasteiger partial charge in [-0.2, -0.15) is 5.10 Å². The van der Waals surface area contributed by atoms with E-state index in [-0.39, 0.29) is 0 Å². The molecule has 0 spiro atoms. The highest BCUT2D eigenvalue weighted by Crippen LogP contribution is 2.26. The number of methoxy groups -OCH3 is 1. The van der Waals surface area contributed by atoms with Crippen molar-refractivity contribution in [2.75, 3.05) is 25.6 Å². The summed E-state index contributed by atoms with van der Waals surface area (Å²) in [4.78, 5) is 0. The highest BCUT2D eigenvalue weighted by Gasteiger charge is 2.11. The molecule has 1 heterocycles. The molecule has 0 atom stereocenters. The molecule has 5 nitrogen and oxygen atoms in total. The zero-order chi connectivity index (χ0) is 16.8. The van der Waals surface area contributed by atoms with Gasteiger partial charge in [-0.15, -0.1) is 0 Å². The maximum absolute atomic E-state index is 6.17. The first-order chi connectivity index (χ1) is 11.0. The van der Waals surface area contributed by atoms with Crippen LogP contribution in [0.25, 0.3) is 0 Å². The minimum atomic E-state index is 0.407. The third-order valence-electron chi connectivity index (χ3n) is 2.92. The molecule has 0 bridgehead atoms. The molecule has 0 unspecified atom stereocenters. The van der Waals surface area contributed by atoms with Crippen molar-refractivity contribution >= 4 is 58.0 Å². The van der Waals surface area contributed by atoms with Crippen LogP contribution in [0.2, 0.25) is 15.1 Å². The normalized spacial score (nSPS) is 10.6.